The number of benzene rings is 2. The number of carbonyl (C=O) groups is 1. The molecule has 1 saturated heterocycles. The summed E-state index contributed by atoms with van der Waals surface area (Å²) < 4.78 is 12.6. The highest BCUT2D eigenvalue weighted by Gasteiger charge is 2.36. The van der Waals surface area contributed by atoms with Gasteiger partial charge in [0.25, 0.3) is 0 Å². The average Bonchev–Trinajstić information content (AvgIpc) is 3.30. The van der Waals surface area contributed by atoms with Crippen molar-refractivity contribution in [2.75, 3.05) is 18.0 Å². The number of carboxylic acids is 1. The molecule has 41 heavy (non-hydrogen) atoms. The summed E-state index contributed by atoms with van der Waals surface area (Å²) in [7, 11) is 0. The fourth-order valence-corrected chi connectivity index (χ4v) is 6.25. The summed E-state index contributed by atoms with van der Waals surface area (Å²) in [5, 5.41) is 10.4. The van der Waals surface area contributed by atoms with Crippen LogP contribution in [0.1, 0.15) is 81.6 Å². The maximum absolute atomic E-state index is 12.7. The Hall–Kier alpha value is -3.38. The lowest BCUT2D eigenvalue weighted by Crippen LogP contribution is -2.39. The van der Waals surface area contributed by atoms with Gasteiger partial charge < -0.3 is 19.5 Å². The molecule has 1 aliphatic heterocycles. The number of ether oxygens (including phenoxy) is 2. The summed E-state index contributed by atoms with van der Waals surface area (Å²) in [6, 6.07) is 16.8. The first-order valence-corrected chi connectivity index (χ1v) is 14.8. The second-order valence-corrected chi connectivity index (χ2v) is 13.5. The SMILES string of the molecule is Cc1nc(C)c(C(OC(C)(C)C)C(=O)O)c(N2CCC(C)(C)CC2)c1-c1ccc(OC2Cc3ccccc3C2)cc1. The van der Waals surface area contributed by atoms with Crippen molar-refractivity contribution in [1.29, 1.82) is 0 Å². The van der Waals surface area contributed by atoms with Crippen LogP contribution in [0.15, 0.2) is 48.5 Å². The second-order valence-electron chi connectivity index (χ2n) is 13.5. The highest BCUT2D eigenvalue weighted by molar-refractivity contribution is 5.88. The summed E-state index contributed by atoms with van der Waals surface area (Å²) in [5.41, 5.74) is 7.47. The van der Waals surface area contributed by atoms with Gasteiger partial charge in [-0.05, 0) is 81.7 Å². The predicted octanol–water partition coefficient (Wildman–Crippen LogP) is 7.48. The molecule has 0 bridgehead atoms. The van der Waals surface area contributed by atoms with Crippen molar-refractivity contribution < 1.29 is 19.4 Å². The Morgan fingerprint density at radius 2 is 1.56 bits per heavy atom. The quantitative estimate of drug-likeness (QED) is 0.325. The van der Waals surface area contributed by atoms with E-state index in [1.54, 1.807) is 0 Å². The Morgan fingerprint density at radius 1 is 0.976 bits per heavy atom. The first kappa shape index (κ1) is 29.1. The Labute approximate surface area is 244 Å². The van der Waals surface area contributed by atoms with Crippen LogP contribution in [0.4, 0.5) is 5.69 Å². The molecule has 1 N–H and O–H groups in total. The van der Waals surface area contributed by atoms with Crippen LogP contribution in [0.2, 0.25) is 0 Å². The summed E-state index contributed by atoms with van der Waals surface area (Å²) in [6.45, 7) is 15.9. The number of nitrogens with zero attached hydrogens (tertiary/aromatic N) is 2. The lowest BCUT2D eigenvalue weighted by Gasteiger charge is -2.41. The van der Waals surface area contributed by atoms with E-state index in [1.807, 2.05) is 46.8 Å². The lowest BCUT2D eigenvalue weighted by atomic mass is 9.82. The number of piperidine rings is 1. The Morgan fingerprint density at radius 3 is 2.10 bits per heavy atom. The number of aliphatic carboxylic acids is 1. The van der Waals surface area contributed by atoms with Crippen LogP contribution < -0.4 is 9.64 Å². The number of rotatable bonds is 7. The molecule has 1 aromatic heterocycles. The third-order valence-electron chi connectivity index (χ3n) is 8.43. The molecule has 0 spiro atoms. The van der Waals surface area contributed by atoms with Gasteiger partial charge in [-0.3, -0.25) is 4.98 Å². The van der Waals surface area contributed by atoms with Gasteiger partial charge in [-0.15, -0.1) is 0 Å². The molecule has 0 radical (unpaired) electrons. The minimum absolute atomic E-state index is 0.130. The minimum atomic E-state index is -1.13. The van der Waals surface area contributed by atoms with Crippen molar-refractivity contribution in [2.45, 2.75) is 92.0 Å². The fraction of sp³-hybridized carbons (Fsp3) is 0.486. The van der Waals surface area contributed by atoms with E-state index in [2.05, 4.69) is 55.1 Å². The zero-order valence-corrected chi connectivity index (χ0v) is 25.6. The summed E-state index contributed by atoms with van der Waals surface area (Å²) in [4.78, 5) is 20.0. The van der Waals surface area contributed by atoms with Crippen LogP contribution in [0.3, 0.4) is 0 Å². The van der Waals surface area contributed by atoms with E-state index in [0.29, 0.717) is 11.3 Å². The van der Waals surface area contributed by atoms with Crippen molar-refractivity contribution in [3.05, 3.63) is 76.6 Å². The van der Waals surface area contributed by atoms with Gasteiger partial charge in [-0.2, -0.15) is 0 Å². The number of carboxylic acid groups (broad SMARTS) is 1. The first-order chi connectivity index (χ1) is 19.3. The van der Waals surface area contributed by atoms with E-state index in [-0.39, 0.29) is 11.5 Å². The number of anilines is 1. The predicted molar refractivity (Wildman–Crippen MR) is 164 cm³/mol. The largest absolute Gasteiger partial charge is 0.490 e. The molecule has 1 fully saturated rings. The molecule has 2 heterocycles. The van der Waals surface area contributed by atoms with E-state index in [9.17, 15) is 9.90 Å². The molecular formula is C35H44N2O4. The maximum Gasteiger partial charge on any atom is 0.337 e. The number of fused-ring (bicyclic) bond motifs is 1. The number of aromatic nitrogens is 1. The molecule has 0 saturated carbocycles. The normalized spacial score (nSPS) is 17.8. The summed E-state index contributed by atoms with van der Waals surface area (Å²) >= 11 is 0. The van der Waals surface area contributed by atoms with Gasteiger partial charge in [0.15, 0.2) is 6.10 Å². The van der Waals surface area contributed by atoms with Gasteiger partial charge in [0.05, 0.1) is 11.3 Å². The highest BCUT2D eigenvalue weighted by Crippen LogP contribution is 2.45. The van der Waals surface area contributed by atoms with E-state index in [0.717, 1.165) is 67.0 Å². The third-order valence-corrected chi connectivity index (χ3v) is 8.43. The Balaban J connectivity index is 1.54. The lowest BCUT2D eigenvalue weighted by molar-refractivity contribution is -0.160. The minimum Gasteiger partial charge on any atom is -0.490 e. The number of hydrogen-bond acceptors (Lipinski definition) is 5. The Kier molecular flexibility index (Phi) is 7.90. The van der Waals surface area contributed by atoms with Crippen molar-refractivity contribution in [3.8, 4) is 16.9 Å². The number of pyridine rings is 1. The maximum atomic E-state index is 12.7. The highest BCUT2D eigenvalue weighted by atomic mass is 16.5. The topological polar surface area (TPSA) is 71.9 Å². The van der Waals surface area contributed by atoms with Crippen molar-refractivity contribution >= 4 is 11.7 Å². The zero-order chi connectivity index (χ0) is 29.5. The van der Waals surface area contributed by atoms with E-state index in [1.165, 1.54) is 11.1 Å². The van der Waals surface area contributed by atoms with E-state index >= 15 is 0 Å². The molecule has 1 unspecified atom stereocenters. The van der Waals surface area contributed by atoms with Gasteiger partial charge in [0.2, 0.25) is 0 Å². The molecule has 6 nitrogen and oxygen atoms in total. The van der Waals surface area contributed by atoms with Gasteiger partial charge in [-0.25, -0.2) is 4.79 Å². The van der Waals surface area contributed by atoms with Crippen molar-refractivity contribution in [3.63, 3.8) is 0 Å². The molecule has 1 atom stereocenters. The van der Waals surface area contributed by atoms with Gasteiger partial charge in [0.1, 0.15) is 11.9 Å². The van der Waals surface area contributed by atoms with Crippen molar-refractivity contribution in [2.24, 2.45) is 5.41 Å². The van der Waals surface area contributed by atoms with Gasteiger partial charge in [-0.1, -0.05) is 50.2 Å². The molecule has 2 aromatic carbocycles. The van der Waals surface area contributed by atoms with Gasteiger partial charge in [0, 0.05) is 48.4 Å². The standard InChI is InChI=1S/C35H44N2O4/c1-22-29(24-12-14-27(15-13-24)40-28-20-25-10-8-9-11-26(25)21-28)31(37-18-16-35(6,7)17-19-37)30(23(2)36-22)32(33(38)39)41-34(3,4)5/h8-15,28,32H,16-21H2,1-7H3,(H,38,39). The van der Waals surface area contributed by atoms with Crippen LogP contribution in [0.25, 0.3) is 11.1 Å². The molecular weight excluding hydrogens is 512 g/mol. The molecule has 0 amide bonds. The monoisotopic (exact) mass is 556 g/mol. The smallest absolute Gasteiger partial charge is 0.337 e. The Bertz CT molecular complexity index is 1390. The number of hydrogen-bond donors (Lipinski definition) is 1. The van der Waals surface area contributed by atoms with Gasteiger partial charge >= 0.3 is 5.97 Å². The average molecular weight is 557 g/mol. The number of aryl methyl sites for hydroxylation is 2. The third kappa shape index (κ3) is 6.43. The molecule has 3 aromatic rings. The van der Waals surface area contributed by atoms with Crippen LogP contribution in [-0.4, -0.2) is 40.9 Å². The van der Waals surface area contributed by atoms with Crippen LogP contribution in [-0.2, 0) is 22.4 Å². The second kappa shape index (κ2) is 11.1. The molecule has 218 valence electrons. The van der Waals surface area contributed by atoms with Crippen LogP contribution in [0, 0.1) is 19.3 Å². The summed E-state index contributed by atoms with van der Waals surface area (Å²) in [5.74, 6) is -0.162. The molecule has 2 aliphatic rings. The summed E-state index contributed by atoms with van der Waals surface area (Å²) in [6.07, 6.45) is 2.90. The fourth-order valence-electron chi connectivity index (χ4n) is 6.25. The molecule has 6 heteroatoms. The zero-order valence-electron chi connectivity index (χ0n) is 25.6. The van der Waals surface area contributed by atoms with Crippen molar-refractivity contribution in [1.82, 2.24) is 4.98 Å². The molecule has 1 aliphatic carbocycles. The first-order valence-electron chi connectivity index (χ1n) is 14.8. The van der Waals surface area contributed by atoms with E-state index < -0.39 is 17.7 Å². The molecule has 5 rings (SSSR count). The van der Waals surface area contributed by atoms with E-state index in [4.69, 9.17) is 14.5 Å². The van der Waals surface area contributed by atoms with Crippen LogP contribution in [0.5, 0.6) is 5.75 Å². The van der Waals surface area contributed by atoms with Crippen LogP contribution >= 0.6 is 0 Å².